The summed E-state index contributed by atoms with van der Waals surface area (Å²) in [6.45, 7) is 9.31. The Morgan fingerprint density at radius 2 is 1.92 bits per heavy atom. The summed E-state index contributed by atoms with van der Waals surface area (Å²) in [5.74, 6) is 0.818. The number of benzene rings is 1. The van der Waals surface area contributed by atoms with Crippen LogP contribution in [0.4, 0.5) is 4.79 Å². The van der Waals surface area contributed by atoms with Crippen LogP contribution in [-0.2, 0) is 13.1 Å². The molecule has 0 spiro atoms. The molecule has 0 saturated carbocycles. The Labute approximate surface area is 147 Å². The zero-order valence-electron chi connectivity index (χ0n) is 15.3. The van der Waals surface area contributed by atoms with Gasteiger partial charge in [0.1, 0.15) is 0 Å². The van der Waals surface area contributed by atoms with E-state index in [1.807, 2.05) is 0 Å². The Morgan fingerprint density at radius 3 is 2.62 bits per heavy atom. The fourth-order valence-electron chi connectivity index (χ4n) is 3.27. The summed E-state index contributed by atoms with van der Waals surface area (Å²) in [7, 11) is 0. The maximum absolute atomic E-state index is 11.7. The highest BCUT2D eigenvalue weighted by molar-refractivity contribution is 5.73. The molecule has 1 aliphatic rings. The number of amides is 2. The number of hydrogen-bond donors (Lipinski definition) is 2. The van der Waals surface area contributed by atoms with Gasteiger partial charge in [-0.1, -0.05) is 51.0 Å². The van der Waals surface area contributed by atoms with Crippen molar-refractivity contribution in [2.45, 2.75) is 59.0 Å². The number of urea groups is 1. The number of hydrogen-bond acceptors (Lipinski definition) is 2. The Morgan fingerprint density at radius 1 is 1.17 bits per heavy atom. The standard InChI is InChI=1S/C20H33N3O/c1-3-4-5-12-21-20(24)22-14-18-8-10-19(11-9-18)16-23-13-6-7-17(2)15-23/h8-11,17H,3-7,12-16H2,1-2H3,(H2,21,22,24)/t17-/m0/s1. The minimum atomic E-state index is -0.0718. The second-order valence-corrected chi connectivity index (χ2v) is 7.12. The van der Waals surface area contributed by atoms with Crippen molar-refractivity contribution in [3.63, 3.8) is 0 Å². The van der Waals surface area contributed by atoms with Gasteiger partial charge in [0, 0.05) is 26.2 Å². The summed E-state index contributed by atoms with van der Waals surface area (Å²) >= 11 is 0. The Balaban J connectivity index is 1.68. The van der Waals surface area contributed by atoms with Crippen LogP contribution in [-0.4, -0.2) is 30.6 Å². The molecular formula is C20H33N3O. The second kappa shape index (κ2) is 10.3. The maximum Gasteiger partial charge on any atom is 0.315 e. The molecule has 4 heteroatoms. The Kier molecular flexibility index (Phi) is 8.10. The van der Waals surface area contributed by atoms with Crippen molar-refractivity contribution in [2.75, 3.05) is 19.6 Å². The van der Waals surface area contributed by atoms with Crippen LogP contribution in [0, 0.1) is 5.92 Å². The third-order valence-corrected chi connectivity index (χ3v) is 4.69. The van der Waals surface area contributed by atoms with Gasteiger partial charge >= 0.3 is 6.03 Å². The second-order valence-electron chi connectivity index (χ2n) is 7.12. The van der Waals surface area contributed by atoms with Gasteiger partial charge in [0.15, 0.2) is 0 Å². The molecule has 1 heterocycles. The van der Waals surface area contributed by atoms with Crippen LogP contribution in [0.5, 0.6) is 0 Å². The van der Waals surface area contributed by atoms with Crippen molar-refractivity contribution in [3.05, 3.63) is 35.4 Å². The van der Waals surface area contributed by atoms with E-state index in [0.29, 0.717) is 6.54 Å². The summed E-state index contributed by atoms with van der Waals surface area (Å²) in [4.78, 5) is 14.3. The first-order chi connectivity index (χ1) is 11.7. The number of piperidine rings is 1. The highest BCUT2D eigenvalue weighted by atomic mass is 16.2. The van der Waals surface area contributed by atoms with E-state index in [9.17, 15) is 4.79 Å². The third kappa shape index (κ3) is 6.91. The molecular weight excluding hydrogens is 298 g/mol. The lowest BCUT2D eigenvalue weighted by Crippen LogP contribution is -2.35. The van der Waals surface area contributed by atoms with Gasteiger partial charge in [0.25, 0.3) is 0 Å². The summed E-state index contributed by atoms with van der Waals surface area (Å²) in [5.41, 5.74) is 2.51. The molecule has 4 nitrogen and oxygen atoms in total. The summed E-state index contributed by atoms with van der Waals surface area (Å²) in [6.07, 6.45) is 6.06. The molecule has 0 aliphatic carbocycles. The summed E-state index contributed by atoms with van der Waals surface area (Å²) in [5, 5.41) is 5.82. The molecule has 134 valence electrons. The van der Waals surface area contributed by atoms with Gasteiger partial charge in [-0.15, -0.1) is 0 Å². The predicted molar refractivity (Wildman–Crippen MR) is 99.9 cm³/mol. The van der Waals surface area contributed by atoms with E-state index in [1.54, 1.807) is 0 Å². The first-order valence-electron chi connectivity index (χ1n) is 9.49. The smallest absolute Gasteiger partial charge is 0.315 e. The van der Waals surface area contributed by atoms with Crippen LogP contribution >= 0.6 is 0 Å². The fourth-order valence-corrected chi connectivity index (χ4v) is 3.27. The molecule has 0 bridgehead atoms. The molecule has 1 aliphatic heterocycles. The number of nitrogens with one attached hydrogen (secondary N) is 2. The van der Waals surface area contributed by atoms with Crippen molar-refractivity contribution in [3.8, 4) is 0 Å². The van der Waals surface area contributed by atoms with Crippen LogP contribution in [0.15, 0.2) is 24.3 Å². The molecule has 0 radical (unpaired) electrons. The minimum Gasteiger partial charge on any atom is -0.338 e. The van der Waals surface area contributed by atoms with Gasteiger partial charge in [-0.25, -0.2) is 4.79 Å². The maximum atomic E-state index is 11.7. The van der Waals surface area contributed by atoms with E-state index in [1.165, 1.54) is 37.9 Å². The number of unbranched alkanes of at least 4 members (excludes halogenated alkanes) is 2. The highest BCUT2D eigenvalue weighted by Crippen LogP contribution is 2.18. The Bertz CT molecular complexity index is 486. The molecule has 1 aromatic rings. The van der Waals surface area contributed by atoms with Crippen molar-refractivity contribution in [2.24, 2.45) is 5.92 Å². The van der Waals surface area contributed by atoms with Gasteiger partial charge in [0.2, 0.25) is 0 Å². The normalized spacial score (nSPS) is 18.3. The van der Waals surface area contributed by atoms with Crippen LogP contribution < -0.4 is 10.6 Å². The van der Waals surface area contributed by atoms with E-state index >= 15 is 0 Å². The number of carbonyl (C=O) groups is 1. The van der Waals surface area contributed by atoms with Gasteiger partial charge in [-0.2, -0.15) is 0 Å². The topological polar surface area (TPSA) is 44.4 Å². The summed E-state index contributed by atoms with van der Waals surface area (Å²) in [6, 6.07) is 8.56. The van der Waals surface area contributed by atoms with Gasteiger partial charge in [-0.05, 0) is 42.9 Å². The third-order valence-electron chi connectivity index (χ3n) is 4.69. The zero-order valence-corrected chi connectivity index (χ0v) is 15.3. The van der Waals surface area contributed by atoms with E-state index in [-0.39, 0.29) is 6.03 Å². The molecule has 0 aromatic heterocycles. The number of nitrogens with zero attached hydrogens (tertiary/aromatic N) is 1. The van der Waals surface area contributed by atoms with E-state index in [4.69, 9.17) is 0 Å². The average Bonchev–Trinajstić information content (AvgIpc) is 2.58. The van der Waals surface area contributed by atoms with Gasteiger partial charge in [-0.3, -0.25) is 4.90 Å². The molecule has 1 aromatic carbocycles. The molecule has 1 atom stereocenters. The molecule has 24 heavy (non-hydrogen) atoms. The van der Waals surface area contributed by atoms with Crippen molar-refractivity contribution in [1.29, 1.82) is 0 Å². The number of likely N-dealkylation sites (tertiary alicyclic amines) is 1. The first kappa shape index (κ1) is 18.8. The lowest BCUT2D eigenvalue weighted by atomic mass is 9.99. The molecule has 2 N–H and O–H groups in total. The van der Waals surface area contributed by atoms with Crippen LogP contribution in [0.3, 0.4) is 0 Å². The first-order valence-corrected chi connectivity index (χ1v) is 9.49. The minimum absolute atomic E-state index is 0.0718. The quantitative estimate of drug-likeness (QED) is 0.709. The van der Waals surface area contributed by atoms with Crippen molar-refractivity contribution < 1.29 is 4.79 Å². The van der Waals surface area contributed by atoms with Crippen LogP contribution in [0.2, 0.25) is 0 Å². The molecule has 1 fully saturated rings. The van der Waals surface area contributed by atoms with Gasteiger partial charge < -0.3 is 10.6 Å². The predicted octanol–water partition coefficient (Wildman–Crippen LogP) is 3.91. The molecule has 1 saturated heterocycles. The van der Waals surface area contributed by atoms with Crippen LogP contribution in [0.1, 0.15) is 57.1 Å². The van der Waals surface area contributed by atoms with E-state index in [0.717, 1.165) is 37.4 Å². The zero-order chi connectivity index (χ0) is 17.2. The monoisotopic (exact) mass is 331 g/mol. The Hall–Kier alpha value is -1.55. The van der Waals surface area contributed by atoms with Gasteiger partial charge in [0.05, 0.1) is 0 Å². The summed E-state index contributed by atoms with van der Waals surface area (Å²) < 4.78 is 0. The lowest BCUT2D eigenvalue weighted by Gasteiger charge is -2.30. The number of rotatable bonds is 8. The van der Waals surface area contributed by atoms with Crippen molar-refractivity contribution in [1.82, 2.24) is 15.5 Å². The van der Waals surface area contributed by atoms with Crippen LogP contribution in [0.25, 0.3) is 0 Å². The van der Waals surface area contributed by atoms with Crippen molar-refractivity contribution >= 4 is 6.03 Å². The molecule has 0 unspecified atom stereocenters. The van der Waals surface area contributed by atoms with E-state index in [2.05, 4.69) is 53.6 Å². The van der Waals surface area contributed by atoms with E-state index < -0.39 is 0 Å². The molecule has 2 amide bonds. The lowest BCUT2D eigenvalue weighted by molar-refractivity contribution is 0.176. The molecule has 2 rings (SSSR count). The average molecular weight is 332 g/mol. The highest BCUT2D eigenvalue weighted by Gasteiger charge is 2.16. The largest absolute Gasteiger partial charge is 0.338 e. The fraction of sp³-hybridized carbons (Fsp3) is 0.650. The SMILES string of the molecule is CCCCCNC(=O)NCc1ccc(CN2CCC[C@H](C)C2)cc1. The number of carbonyl (C=O) groups excluding carboxylic acids is 1.